The van der Waals surface area contributed by atoms with Crippen molar-refractivity contribution in [2.45, 2.75) is 31.8 Å². The molecule has 0 radical (unpaired) electrons. The van der Waals surface area contributed by atoms with Crippen LogP contribution < -0.4 is 0 Å². The lowest BCUT2D eigenvalue weighted by Crippen LogP contribution is -2.30. The van der Waals surface area contributed by atoms with Crippen molar-refractivity contribution in [3.63, 3.8) is 0 Å². The highest BCUT2D eigenvalue weighted by Gasteiger charge is 2.25. The summed E-state index contributed by atoms with van der Waals surface area (Å²) in [6, 6.07) is 18.8. The summed E-state index contributed by atoms with van der Waals surface area (Å²) in [5, 5.41) is 9.74. The molecule has 1 heterocycles. The van der Waals surface area contributed by atoms with E-state index in [4.69, 9.17) is 16.9 Å². The van der Waals surface area contributed by atoms with Crippen LogP contribution >= 0.6 is 11.6 Å². The van der Waals surface area contributed by atoms with E-state index in [0.29, 0.717) is 6.04 Å². The monoisotopic (exact) mass is 310 g/mol. The van der Waals surface area contributed by atoms with Crippen LogP contribution in [0, 0.1) is 11.3 Å². The van der Waals surface area contributed by atoms with E-state index < -0.39 is 0 Å². The fraction of sp³-hybridized carbons (Fsp3) is 0.316. The molecule has 1 fully saturated rings. The van der Waals surface area contributed by atoms with Crippen molar-refractivity contribution < 1.29 is 0 Å². The lowest BCUT2D eigenvalue weighted by Gasteiger charge is -2.25. The molecule has 112 valence electrons. The first-order chi connectivity index (χ1) is 10.8. The molecule has 2 nitrogen and oxygen atoms in total. The van der Waals surface area contributed by atoms with Gasteiger partial charge in [0.2, 0.25) is 0 Å². The van der Waals surface area contributed by atoms with Crippen LogP contribution in [0.25, 0.3) is 0 Å². The Morgan fingerprint density at radius 1 is 1.14 bits per heavy atom. The number of likely N-dealkylation sites (tertiary alicyclic amines) is 1. The zero-order chi connectivity index (χ0) is 15.4. The molecule has 0 bridgehead atoms. The lowest BCUT2D eigenvalue weighted by molar-refractivity contribution is 0.244. The van der Waals surface area contributed by atoms with Gasteiger partial charge in [-0.15, -0.1) is 0 Å². The van der Waals surface area contributed by atoms with Gasteiger partial charge in [0.05, 0.1) is 11.6 Å². The molecule has 22 heavy (non-hydrogen) atoms. The van der Waals surface area contributed by atoms with Gasteiger partial charge in [0.1, 0.15) is 0 Å². The highest BCUT2D eigenvalue weighted by atomic mass is 35.5. The van der Waals surface area contributed by atoms with Gasteiger partial charge in [-0.1, -0.05) is 41.9 Å². The Morgan fingerprint density at radius 3 is 2.64 bits per heavy atom. The maximum absolute atomic E-state index is 8.87. The predicted octanol–water partition coefficient (Wildman–Crippen LogP) is 4.42. The second-order valence-electron chi connectivity index (χ2n) is 5.87. The first kappa shape index (κ1) is 15.1. The molecule has 0 amide bonds. The fourth-order valence-corrected chi connectivity index (χ4v) is 3.38. The van der Waals surface area contributed by atoms with Crippen LogP contribution in [0.15, 0.2) is 48.5 Å². The molecular formula is C19H19ClN2. The maximum atomic E-state index is 8.87. The van der Waals surface area contributed by atoms with Crippen LogP contribution in [0.2, 0.25) is 5.02 Å². The van der Waals surface area contributed by atoms with Crippen LogP contribution in [0.3, 0.4) is 0 Å². The topological polar surface area (TPSA) is 27.0 Å². The Morgan fingerprint density at radius 2 is 1.91 bits per heavy atom. The summed E-state index contributed by atoms with van der Waals surface area (Å²) in [4.78, 5) is 2.53. The van der Waals surface area contributed by atoms with Crippen LogP contribution in [0.4, 0.5) is 0 Å². The molecule has 1 aliphatic heterocycles. The molecule has 0 spiro atoms. The fourth-order valence-electron chi connectivity index (χ4n) is 3.17. The summed E-state index contributed by atoms with van der Waals surface area (Å²) < 4.78 is 0. The van der Waals surface area contributed by atoms with Crippen LogP contribution in [-0.4, -0.2) is 17.5 Å². The van der Waals surface area contributed by atoms with Gasteiger partial charge in [0.25, 0.3) is 0 Å². The van der Waals surface area contributed by atoms with Crippen LogP contribution in [0.1, 0.15) is 29.5 Å². The summed E-state index contributed by atoms with van der Waals surface area (Å²) in [6.07, 6.45) is 3.48. The zero-order valence-corrected chi connectivity index (χ0v) is 13.3. The molecule has 3 rings (SSSR count). The van der Waals surface area contributed by atoms with Gasteiger partial charge in [0.15, 0.2) is 0 Å². The van der Waals surface area contributed by atoms with Gasteiger partial charge in [-0.05, 0) is 55.1 Å². The molecule has 3 heteroatoms. The standard InChI is InChI=1S/C19H19ClN2/c20-19-6-2-1-4-17(19)12-18-5-3-11-22(18)14-16-9-7-15(13-21)8-10-16/h1-2,4,6-10,18H,3,5,11-12,14H2/t18-/m1/s1. The Bertz CT molecular complexity index is 673. The zero-order valence-electron chi connectivity index (χ0n) is 12.5. The Labute approximate surface area is 136 Å². The van der Waals surface area contributed by atoms with E-state index in [-0.39, 0.29) is 0 Å². The molecule has 2 aromatic carbocycles. The molecule has 0 aliphatic carbocycles. The van der Waals surface area contributed by atoms with Crippen molar-refractivity contribution >= 4 is 11.6 Å². The van der Waals surface area contributed by atoms with Gasteiger partial charge in [0, 0.05) is 17.6 Å². The van der Waals surface area contributed by atoms with E-state index in [2.05, 4.69) is 35.2 Å². The quantitative estimate of drug-likeness (QED) is 0.836. The molecule has 0 aromatic heterocycles. The van der Waals surface area contributed by atoms with E-state index in [1.807, 2.05) is 24.3 Å². The predicted molar refractivity (Wildman–Crippen MR) is 89.7 cm³/mol. The smallest absolute Gasteiger partial charge is 0.0991 e. The third-order valence-corrected chi connectivity index (χ3v) is 4.75. The number of benzene rings is 2. The molecule has 0 saturated carbocycles. The number of hydrogen-bond acceptors (Lipinski definition) is 2. The molecule has 2 aromatic rings. The van der Waals surface area contributed by atoms with E-state index in [0.717, 1.165) is 30.1 Å². The van der Waals surface area contributed by atoms with Crippen molar-refractivity contribution in [3.05, 3.63) is 70.2 Å². The normalized spacial score (nSPS) is 18.3. The van der Waals surface area contributed by atoms with Crippen molar-refractivity contribution in [2.75, 3.05) is 6.54 Å². The minimum absolute atomic E-state index is 0.551. The summed E-state index contributed by atoms with van der Waals surface area (Å²) in [7, 11) is 0. The molecule has 0 N–H and O–H groups in total. The van der Waals surface area contributed by atoms with Crippen molar-refractivity contribution in [1.29, 1.82) is 5.26 Å². The molecular weight excluding hydrogens is 292 g/mol. The Balaban J connectivity index is 1.68. The SMILES string of the molecule is N#Cc1ccc(CN2CCC[C@@H]2Cc2ccccc2Cl)cc1. The van der Waals surface area contributed by atoms with E-state index >= 15 is 0 Å². The number of hydrogen-bond donors (Lipinski definition) is 0. The number of halogens is 1. The molecule has 0 unspecified atom stereocenters. The minimum Gasteiger partial charge on any atom is -0.296 e. The number of rotatable bonds is 4. The van der Waals surface area contributed by atoms with E-state index in [1.165, 1.54) is 24.0 Å². The highest BCUT2D eigenvalue weighted by Crippen LogP contribution is 2.26. The van der Waals surface area contributed by atoms with E-state index in [9.17, 15) is 0 Å². The molecule has 1 atom stereocenters. The van der Waals surface area contributed by atoms with E-state index in [1.54, 1.807) is 0 Å². The summed E-state index contributed by atoms with van der Waals surface area (Å²) in [6.45, 7) is 2.08. The second kappa shape index (κ2) is 6.96. The van der Waals surface area contributed by atoms with Crippen LogP contribution in [-0.2, 0) is 13.0 Å². The summed E-state index contributed by atoms with van der Waals surface area (Å²) in [5.41, 5.74) is 3.23. The van der Waals surface area contributed by atoms with Crippen molar-refractivity contribution in [1.82, 2.24) is 4.90 Å². The van der Waals surface area contributed by atoms with Gasteiger partial charge in [-0.25, -0.2) is 0 Å². The Kier molecular flexibility index (Phi) is 4.77. The third-order valence-electron chi connectivity index (χ3n) is 4.38. The van der Waals surface area contributed by atoms with Gasteiger partial charge in [-0.3, -0.25) is 4.90 Å². The van der Waals surface area contributed by atoms with Gasteiger partial charge >= 0.3 is 0 Å². The largest absolute Gasteiger partial charge is 0.296 e. The minimum atomic E-state index is 0.551. The van der Waals surface area contributed by atoms with Crippen molar-refractivity contribution in [3.8, 4) is 6.07 Å². The number of nitriles is 1. The summed E-state index contributed by atoms with van der Waals surface area (Å²) >= 11 is 6.29. The highest BCUT2D eigenvalue weighted by molar-refractivity contribution is 6.31. The summed E-state index contributed by atoms with van der Waals surface area (Å²) in [5.74, 6) is 0. The first-order valence-electron chi connectivity index (χ1n) is 7.73. The Hall–Kier alpha value is -1.82. The molecule has 1 saturated heterocycles. The lowest BCUT2D eigenvalue weighted by atomic mass is 10.0. The average Bonchev–Trinajstić information content (AvgIpc) is 2.97. The van der Waals surface area contributed by atoms with Gasteiger partial charge < -0.3 is 0 Å². The second-order valence-corrected chi connectivity index (χ2v) is 6.28. The van der Waals surface area contributed by atoms with Crippen molar-refractivity contribution in [2.24, 2.45) is 0 Å². The third kappa shape index (κ3) is 3.50. The first-order valence-corrected chi connectivity index (χ1v) is 8.10. The molecule has 1 aliphatic rings. The maximum Gasteiger partial charge on any atom is 0.0991 e. The van der Waals surface area contributed by atoms with Gasteiger partial charge in [-0.2, -0.15) is 5.26 Å². The number of nitrogens with zero attached hydrogens (tertiary/aromatic N) is 2. The van der Waals surface area contributed by atoms with Crippen LogP contribution in [0.5, 0.6) is 0 Å². The average molecular weight is 311 g/mol.